The molecule has 0 radical (unpaired) electrons. The SMILES string of the molecule is CCCc1cc2cc(F)cc([N+](=O)[O-])c2nc1NN. The van der Waals surface area contributed by atoms with Gasteiger partial charge in [0.2, 0.25) is 0 Å². The third-order valence-corrected chi connectivity index (χ3v) is 2.79. The van der Waals surface area contributed by atoms with E-state index in [1.807, 2.05) is 6.92 Å². The number of nitrogen functional groups attached to an aromatic ring is 1. The van der Waals surface area contributed by atoms with E-state index in [1.54, 1.807) is 6.07 Å². The lowest BCUT2D eigenvalue weighted by molar-refractivity contribution is -0.383. The van der Waals surface area contributed by atoms with Gasteiger partial charge in [-0.1, -0.05) is 13.3 Å². The highest BCUT2D eigenvalue weighted by Crippen LogP contribution is 2.29. The van der Waals surface area contributed by atoms with Gasteiger partial charge < -0.3 is 5.43 Å². The van der Waals surface area contributed by atoms with E-state index in [-0.39, 0.29) is 11.2 Å². The molecule has 1 heterocycles. The molecule has 0 saturated carbocycles. The Hall–Kier alpha value is -2.28. The van der Waals surface area contributed by atoms with Gasteiger partial charge in [0.25, 0.3) is 5.69 Å². The molecule has 2 rings (SSSR count). The Balaban J connectivity index is 2.76. The average molecular weight is 264 g/mol. The van der Waals surface area contributed by atoms with Crippen molar-refractivity contribution in [3.63, 3.8) is 0 Å². The van der Waals surface area contributed by atoms with Crippen LogP contribution in [0, 0.1) is 15.9 Å². The lowest BCUT2D eigenvalue weighted by Crippen LogP contribution is -2.11. The summed E-state index contributed by atoms with van der Waals surface area (Å²) in [4.78, 5) is 14.4. The van der Waals surface area contributed by atoms with E-state index in [0.717, 1.165) is 18.1 Å². The molecule has 0 aliphatic rings. The number of benzene rings is 1. The first-order valence-corrected chi connectivity index (χ1v) is 5.81. The fraction of sp³-hybridized carbons (Fsp3) is 0.250. The van der Waals surface area contributed by atoms with E-state index < -0.39 is 10.7 Å². The second kappa shape index (κ2) is 5.15. The molecule has 3 N–H and O–H groups in total. The zero-order chi connectivity index (χ0) is 14.0. The minimum atomic E-state index is -0.656. The zero-order valence-corrected chi connectivity index (χ0v) is 10.3. The number of hydrogen-bond acceptors (Lipinski definition) is 5. The topological polar surface area (TPSA) is 94.1 Å². The van der Waals surface area contributed by atoms with Crippen molar-refractivity contribution in [2.75, 3.05) is 5.43 Å². The van der Waals surface area contributed by atoms with Crippen LogP contribution in [0.3, 0.4) is 0 Å². The van der Waals surface area contributed by atoms with Crippen molar-refractivity contribution in [3.8, 4) is 0 Å². The van der Waals surface area contributed by atoms with Crippen LogP contribution in [0.15, 0.2) is 18.2 Å². The van der Waals surface area contributed by atoms with Gasteiger partial charge in [-0.05, 0) is 24.1 Å². The van der Waals surface area contributed by atoms with Crippen molar-refractivity contribution in [2.45, 2.75) is 19.8 Å². The highest BCUT2D eigenvalue weighted by Gasteiger charge is 2.17. The number of rotatable bonds is 4. The van der Waals surface area contributed by atoms with Crippen LogP contribution >= 0.6 is 0 Å². The van der Waals surface area contributed by atoms with E-state index in [4.69, 9.17) is 5.84 Å². The lowest BCUT2D eigenvalue weighted by Gasteiger charge is -2.09. The number of nitrogens with two attached hydrogens (primary N) is 1. The minimum absolute atomic E-state index is 0.124. The molecule has 0 bridgehead atoms. The molecular weight excluding hydrogens is 251 g/mol. The molecule has 6 nitrogen and oxygen atoms in total. The maximum Gasteiger partial charge on any atom is 0.298 e. The van der Waals surface area contributed by atoms with Gasteiger partial charge in [0.1, 0.15) is 11.6 Å². The summed E-state index contributed by atoms with van der Waals surface area (Å²) in [5.74, 6) is 5.09. The molecule has 0 aliphatic heterocycles. The van der Waals surface area contributed by atoms with Gasteiger partial charge >= 0.3 is 0 Å². The van der Waals surface area contributed by atoms with Gasteiger partial charge in [-0.25, -0.2) is 15.2 Å². The van der Waals surface area contributed by atoms with Crippen LogP contribution in [0.5, 0.6) is 0 Å². The van der Waals surface area contributed by atoms with Crippen molar-refractivity contribution in [2.24, 2.45) is 5.84 Å². The van der Waals surface area contributed by atoms with Crippen LogP contribution in [0.25, 0.3) is 10.9 Å². The number of nitrogens with one attached hydrogen (secondary N) is 1. The summed E-state index contributed by atoms with van der Waals surface area (Å²) < 4.78 is 13.4. The maximum atomic E-state index is 13.4. The van der Waals surface area contributed by atoms with Crippen molar-refractivity contribution < 1.29 is 9.31 Å². The largest absolute Gasteiger partial charge is 0.308 e. The number of nitro benzene ring substituents is 1. The third-order valence-electron chi connectivity index (χ3n) is 2.79. The van der Waals surface area contributed by atoms with Crippen LogP contribution in [-0.2, 0) is 6.42 Å². The van der Waals surface area contributed by atoms with E-state index in [2.05, 4.69) is 10.4 Å². The second-order valence-corrected chi connectivity index (χ2v) is 4.14. The maximum absolute atomic E-state index is 13.4. The Bertz CT molecular complexity index is 645. The second-order valence-electron chi connectivity index (χ2n) is 4.14. The number of hydrogen-bond donors (Lipinski definition) is 2. The number of aromatic nitrogens is 1. The Morgan fingerprint density at radius 1 is 1.47 bits per heavy atom. The summed E-state index contributed by atoms with van der Waals surface area (Å²) in [6.45, 7) is 1.98. The molecule has 0 saturated heterocycles. The Labute approximate surface area is 108 Å². The first-order chi connectivity index (χ1) is 9.06. The Morgan fingerprint density at radius 2 is 2.21 bits per heavy atom. The van der Waals surface area contributed by atoms with E-state index in [0.29, 0.717) is 17.6 Å². The molecule has 7 heteroatoms. The molecule has 0 fully saturated rings. The van der Waals surface area contributed by atoms with Crippen LogP contribution < -0.4 is 11.3 Å². The Morgan fingerprint density at radius 3 is 2.79 bits per heavy atom. The summed E-state index contributed by atoms with van der Waals surface area (Å²) in [5.41, 5.74) is 2.99. The summed E-state index contributed by atoms with van der Waals surface area (Å²) in [5, 5.41) is 11.3. The predicted molar refractivity (Wildman–Crippen MR) is 70.2 cm³/mol. The van der Waals surface area contributed by atoms with Crippen molar-refractivity contribution in [1.82, 2.24) is 4.98 Å². The number of aryl methyl sites for hydroxylation is 1. The highest BCUT2D eigenvalue weighted by molar-refractivity contribution is 5.89. The fourth-order valence-corrected chi connectivity index (χ4v) is 2.00. The molecule has 0 unspecified atom stereocenters. The standard InChI is InChI=1S/C12H13FN4O2/c1-2-3-7-4-8-5-9(13)6-10(17(18)19)11(8)15-12(7)16-14/h4-6H,2-3,14H2,1H3,(H,15,16). The zero-order valence-electron chi connectivity index (χ0n) is 10.3. The lowest BCUT2D eigenvalue weighted by atomic mass is 10.1. The van der Waals surface area contributed by atoms with Gasteiger partial charge in [0, 0.05) is 5.39 Å². The molecule has 100 valence electrons. The third kappa shape index (κ3) is 2.45. The van der Waals surface area contributed by atoms with Crippen LogP contribution in [0.1, 0.15) is 18.9 Å². The summed E-state index contributed by atoms with van der Waals surface area (Å²) in [7, 11) is 0. The van der Waals surface area contributed by atoms with Crippen LogP contribution in [-0.4, -0.2) is 9.91 Å². The number of pyridine rings is 1. The number of nitro groups is 1. The number of hydrazine groups is 1. The molecular formula is C12H13FN4O2. The number of anilines is 1. The molecule has 0 amide bonds. The molecule has 0 spiro atoms. The Kier molecular flexibility index (Phi) is 3.57. The van der Waals surface area contributed by atoms with Crippen molar-refractivity contribution in [1.29, 1.82) is 0 Å². The van der Waals surface area contributed by atoms with Crippen molar-refractivity contribution in [3.05, 3.63) is 39.7 Å². The average Bonchev–Trinajstić information content (AvgIpc) is 2.37. The number of non-ortho nitro benzene ring substituents is 1. The number of nitrogens with zero attached hydrogens (tertiary/aromatic N) is 2. The molecule has 0 atom stereocenters. The highest BCUT2D eigenvalue weighted by atomic mass is 19.1. The molecule has 0 aliphatic carbocycles. The van der Waals surface area contributed by atoms with Gasteiger partial charge in [0.05, 0.1) is 11.0 Å². The van der Waals surface area contributed by atoms with Gasteiger partial charge in [-0.2, -0.15) is 0 Å². The number of halogens is 1. The van der Waals surface area contributed by atoms with E-state index >= 15 is 0 Å². The van der Waals surface area contributed by atoms with Gasteiger partial charge in [-0.15, -0.1) is 0 Å². The van der Waals surface area contributed by atoms with Gasteiger partial charge in [-0.3, -0.25) is 10.1 Å². The summed E-state index contributed by atoms with van der Waals surface area (Å²) in [6, 6.07) is 3.76. The fourth-order valence-electron chi connectivity index (χ4n) is 2.00. The van der Waals surface area contributed by atoms with Crippen LogP contribution in [0.4, 0.5) is 15.9 Å². The van der Waals surface area contributed by atoms with Gasteiger partial charge in [0.15, 0.2) is 5.52 Å². The van der Waals surface area contributed by atoms with E-state index in [1.165, 1.54) is 6.07 Å². The quantitative estimate of drug-likeness (QED) is 0.502. The monoisotopic (exact) mass is 264 g/mol. The molecule has 2 aromatic rings. The minimum Gasteiger partial charge on any atom is -0.308 e. The summed E-state index contributed by atoms with van der Waals surface area (Å²) >= 11 is 0. The normalized spacial score (nSPS) is 10.7. The molecule has 1 aromatic carbocycles. The van der Waals surface area contributed by atoms with Crippen molar-refractivity contribution >= 4 is 22.4 Å². The predicted octanol–water partition coefficient (Wildman–Crippen LogP) is 2.52. The first-order valence-electron chi connectivity index (χ1n) is 5.81. The number of fused-ring (bicyclic) bond motifs is 1. The van der Waals surface area contributed by atoms with E-state index in [9.17, 15) is 14.5 Å². The molecule has 19 heavy (non-hydrogen) atoms. The smallest absolute Gasteiger partial charge is 0.298 e. The molecule has 1 aromatic heterocycles. The van der Waals surface area contributed by atoms with Crippen LogP contribution in [0.2, 0.25) is 0 Å². The summed E-state index contributed by atoms with van der Waals surface area (Å²) in [6.07, 6.45) is 1.56. The first kappa shape index (κ1) is 13.2.